The second kappa shape index (κ2) is 9.04. The molecule has 2 atom stereocenters. The second-order valence-electron chi connectivity index (χ2n) is 7.79. The van der Waals surface area contributed by atoms with Crippen molar-refractivity contribution in [2.75, 3.05) is 13.2 Å². The zero-order valence-corrected chi connectivity index (χ0v) is 16.9. The molecule has 3 N–H and O–H groups in total. The Labute approximate surface area is 180 Å². The van der Waals surface area contributed by atoms with Gasteiger partial charge in [-0.05, 0) is 35.1 Å². The molecule has 0 heterocycles. The van der Waals surface area contributed by atoms with Gasteiger partial charge in [-0.25, -0.2) is 4.79 Å². The van der Waals surface area contributed by atoms with E-state index < -0.39 is 23.9 Å². The van der Waals surface area contributed by atoms with E-state index in [1.54, 1.807) is 12.2 Å². The average Bonchev–Trinajstić information content (AvgIpc) is 3.10. The Balaban J connectivity index is 1.27. The van der Waals surface area contributed by atoms with Crippen LogP contribution in [0.25, 0.3) is 11.1 Å². The Morgan fingerprint density at radius 3 is 2.29 bits per heavy atom. The van der Waals surface area contributed by atoms with Gasteiger partial charge in [0.05, 0.1) is 5.92 Å². The number of hydrogen-bond donors (Lipinski definition) is 3. The third-order valence-corrected chi connectivity index (χ3v) is 5.76. The smallest absolute Gasteiger partial charge is 0.407 e. The Morgan fingerprint density at radius 1 is 1.00 bits per heavy atom. The van der Waals surface area contributed by atoms with E-state index in [1.807, 2.05) is 36.4 Å². The molecule has 0 saturated carbocycles. The zero-order chi connectivity index (χ0) is 21.8. The number of hydrogen-bond acceptors (Lipinski definition) is 4. The molecule has 0 fully saturated rings. The highest BCUT2D eigenvalue weighted by atomic mass is 16.5. The van der Waals surface area contributed by atoms with Crippen LogP contribution >= 0.6 is 0 Å². The molecule has 2 aliphatic carbocycles. The lowest BCUT2D eigenvalue weighted by atomic mass is 9.91. The summed E-state index contributed by atoms with van der Waals surface area (Å²) in [6.07, 6.45) is 3.67. The molecule has 4 rings (SSSR count). The van der Waals surface area contributed by atoms with Crippen molar-refractivity contribution >= 4 is 18.0 Å². The number of nitrogens with one attached hydrogen (secondary N) is 2. The van der Waals surface area contributed by atoms with Crippen molar-refractivity contribution in [3.8, 4) is 11.1 Å². The summed E-state index contributed by atoms with van der Waals surface area (Å²) in [6, 6.07) is 15.8. The second-order valence-corrected chi connectivity index (χ2v) is 7.79. The van der Waals surface area contributed by atoms with Crippen molar-refractivity contribution in [1.82, 2.24) is 10.6 Å². The van der Waals surface area contributed by atoms with Gasteiger partial charge in [-0.3, -0.25) is 9.59 Å². The molecule has 2 aromatic carbocycles. The highest BCUT2D eigenvalue weighted by Crippen LogP contribution is 2.44. The van der Waals surface area contributed by atoms with E-state index in [-0.39, 0.29) is 25.1 Å². The van der Waals surface area contributed by atoms with Gasteiger partial charge in [0.1, 0.15) is 13.2 Å². The number of rotatable bonds is 6. The monoisotopic (exact) mass is 420 g/mol. The first-order chi connectivity index (χ1) is 15.0. The predicted molar refractivity (Wildman–Crippen MR) is 115 cm³/mol. The van der Waals surface area contributed by atoms with Gasteiger partial charge in [0.15, 0.2) is 0 Å². The van der Waals surface area contributed by atoms with E-state index in [0.29, 0.717) is 12.8 Å². The Kier molecular flexibility index (Phi) is 6.02. The fourth-order valence-electron chi connectivity index (χ4n) is 4.26. The molecule has 0 bridgehead atoms. The molecule has 7 nitrogen and oxygen atoms in total. The van der Waals surface area contributed by atoms with E-state index in [2.05, 4.69) is 22.8 Å². The molecule has 2 unspecified atom stereocenters. The van der Waals surface area contributed by atoms with Gasteiger partial charge in [0, 0.05) is 12.0 Å². The number of fused-ring (bicyclic) bond motifs is 3. The van der Waals surface area contributed by atoms with Crippen LogP contribution in [0, 0.1) is 5.92 Å². The summed E-state index contributed by atoms with van der Waals surface area (Å²) in [5, 5.41) is 14.3. The van der Waals surface area contributed by atoms with Crippen LogP contribution in [0.1, 0.15) is 29.9 Å². The third kappa shape index (κ3) is 4.60. The first-order valence-corrected chi connectivity index (χ1v) is 10.3. The van der Waals surface area contributed by atoms with Crippen LogP contribution in [0.15, 0.2) is 60.7 Å². The van der Waals surface area contributed by atoms with Crippen molar-refractivity contribution in [2.24, 2.45) is 5.92 Å². The lowest BCUT2D eigenvalue weighted by Gasteiger charge is -2.22. The lowest BCUT2D eigenvalue weighted by molar-refractivity contribution is -0.142. The van der Waals surface area contributed by atoms with Gasteiger partial charge in [-0.15, -0.1) is 0 Å². The molecule has 2 amide bonds. The number of alkyl carbamates (subject to hydrolysis) is 1. The largest absolute Gasteiger partial charge is 0.481 e. The Bertz CT molecular complexity index is 987. The maximum absolute atomic E-state index is 12.2. The van der Waals surface area contributed by atoms with Gasteiger partial charge in [0.2, 0.25) is 5.91 Å². The number of ether oxygens (including phenoxy) is 1. The van der Waals surface area contributed by atoms with E-state index in [4.69, 9.17) is 9.84 Å². The van der Waals surface area contributed by atoms with Gasteiger partial charge in [0.25, 0.3) is 0 Å². The molecule has 160 valence electrons. The van der Waals surface area contributed by atoms with Crippen LogP contribution in [0.2, 0.25) is 0 Å². The molecular weight excluding hydrogens is 396 g/mol. The van der Waals surface area contributed by atoms with Crippen LogP contribution in [0.3, 0.4) is 0 Å². The summed E-state index contributed by atoms with van der Waals surface area (Å²) in [7, 11) is 0. The Morgan fingerprint density at radius 2 is 1.65 bits per heavy atom. The van der Waals surface area contributed by atoms with E-state index in [0.717, 1.165) is 22.3 Å². The van der Waals surface area contributed by atoms with E-state index in [1.165, 1.54) is 0 Å². The first-order valence-electron chi connectivity index (χ1n) is 10.3. The third-order valence-electron chi connectivity index (χ3n) is 5.76. The number of carboxylic acid groups (broad SMARTS) is 1. The van der Waals surface area contributed by atoms with Crippen LogP contribution in [-0.4, -0.2) is 42.3 Å². The summed E-state index contributed by atoms with van der Waals surface area (Å²) in [5.41, 5.74) is 4.52. The van der Waals surface area contributed by atoms with E-state index in [9.17, 15) is 14.4 Å². The molecular formula is C24H24N2O5. The van der Waals surface area contributed by atoms with Gasteiger partial charge < -0.3 is 20.5 Å². The fraction of sp³-hybridized carbons (Fsp3) is 0.292. The van der Waals surface area contributed by atoms with Gasteiger partial charge in [-0.1, -0.05) is 60.7 Å². The zero-order valence-electron chi connectivity index (χ0n) is 16.9. The number of carbonyl (C=O) groups is 3. The molecule has 0 radical (unpaired) electrons. The first kappa shape index (κ1) is 20.7. The highest BCUT2D eigenvalue weighted by molar-refractivity contribution is 5.83. The lowest BCUT2D eigenvalue weighted by Crippen LogP contribution is -2.43. The van der Waals surface area contributed by atoms with Crippen molar-refractivity contribution < 1.29 is 24.2 Å². The van der Waals surface area contributed by atoms with Crippen molar-refractivity contribution in [1.29, 1.82) is 0 Å². The van der Waals surface area contributed by atoms with Crippen LogP contribution in [0.4, 0.5) is 4.79 Å². The maximum Gasteiger partial charge on any atom is 0.407 e. The average molecular weight is 420 g/mol. The number of aliphatic carboxylic acids is 1. The number of carbonyl (C=O) groups excluding carboxylic acids is 2. The highest BCUT2D eigenvalue weighted by Gasteiger charge is 2.29. The molecule has 2 aromatic rings. The van der Waals surface area contributed by atoms with E-state index >= 15 is 0 Å². The van der Waals surface area contributed by atoms with Crippen LogP contribution in [0.5, 0.6) is 0 Å². The summed E-state index contributed by atoms with van der Waals surface area (Å²) >= 11 is 0. The number of benzene rings is 2. The fourth-order valence-corrected chi connectivity index (χ4v) is 4.26. The maximum atomic E-state index is 12.2. The minimum Gasteiger partial charge on any atom is -0.481 e. The SMILES string of the molecule is O=C(CNC(=O)OCC1c2ccccc2-c2ccccc21)NC1C=CCC(C(=O)O)C1. The summed E-state index contributed by atoms with van der Waals surface area (Å²) in [4.78, 5) is 35.4. The molecule has 0 saturated heterocycles. The summed E-state index contributed by atoms with van der Waals surface area (Å²) in [6.45, 7) is -0.0636. The quantitative estimate of drug-likeness (QED) is 0.623. The Hall–Kier alpha value is -3.61. The summed E-state index contributed by atoms with van der Waals surface area (Å²) < 4.78 is 5.41. The molecule has 0 aromatic heterocycles. The van der Waals surface area contributed by atoms with Gasteiger partial charge in [-0.2, -0.15) is 0 Å². The number of carboxylic acids is 1. The van der Waals surface area contributed by atoms with Crippen molar-refractivity contribution in [2.45, 2.75) is 24.8 Å². The number of allylic oxidation sites excluding steroid dienone is 1. The van der Waals surface area contributed by atoms with Crippen molar-refractivity contribution in [3.05, 3.63) is 71.8 Å². The normalized spacial score (nSPS) is 19.2. The topological polar surface area (TPSA) is 105 Å². The predicted octanol–water partition coefficient (Wildman–Crippen LogP) is 3.06. The molecule has 2 aliphatic rings. The van der Waals surface area contributed by atoms with Crippen molar-refractivity contribution in [3.63, 3.8) is 0 Å². The molecule has 0 spiro atoms. The standard InChI is InChI=1S/C24H24N2O5/c27-22(26-16-7-5-6-15(12-16)23(28)29)13-25-24(30)31-14-21-19-10-3-1-8-17(19)18-9-2-4-11-20(18)21/h1-5,7-11,15-16,21H,6,12-14H2,(H,25,30)(H,26,27)(H,28,29). The number of amides is 2. The summed E-state index contributed by atoms with van der Waals surface area (Å²) in [5.74, 6) is -1.83. The molecule has 7 heteroatoms. The minimum atomic E-state index is -0.875. The van der Waals surface area contributed by atoms with Gasteiger partial charge >= 0.3 is 12.1 Å². The van der Waals surface area contributed by atoms with Crippen LogP contribution < -0.4 is 10.6 Å². The van der Waals surface area contributed by atoms with Crippen LogP contribution in [-0.2, 0) is 14.3 Å². The molecule has 0 aliphatic heterocycles. The minimum absolute atomic E-state index is 0.0488. The molecule has 31 heavy (non-hydrogen) atoms.